The van der Waals surface area contributed by atoms with Crippen molar-refractivity contribution in [2.45, 2.75) is 45.6 Å². The Labute approximate surface area is 169 Å². The van der Waals surface area contributed by atoms with Crippen LogP contribution in [0.1, 0.15) is 45.6 Å². The van der Waals surface area contributed by atoms with E-state index in [0.717, 1.165) is 0 Å². The molecular weight excluding hydrogens is 378 g/mol. The lowest BCUT2D eigenvalue weighted by Crippen LogP contribution is -2.55. The highest BCUT2D eigenvalue weighted by atomic mass is 16.5. The minimum Gasteiger partial charge on any atom is -0.466 e. The van der Waals surface area contributed by atoms with Gasteiger partial charge in [-0.2, -0.15) is 0 Å². The van der Waals surface area contributed by atoms with Gasteiger partial charge >= 0.3 is 11.9 Å². The monoisotopic (exact) mass is 405 g/mol. The fourth-order valence-corrected chi connectivity index (χ4v) is 3.87. The summed E-state index contributed by atoms with van der Waals surface area (Å²) in [5, 5.41) is 13.5. The van der Waals surface area contributed by atoms with Crippen molar-refractivity contribution in [1.29, 1.82) is 0 Å². The van der Waals surface area contributed by atoms with Crippen molar-refractivity contribution in [2.75, 3.05) is 18.5 Å². The summed E-state index contributed by atoms with van der Waals surface area (Å²) in [4.78, 5) is 49.4. The van der Waals surface area contributed by atoms with Gasteiger partial charge < -0.3 is 19.9 Å². The zero-order valence-corrected chi connectivity index (χ0v) is 17.1. The van der Waals surface area contributed by atoms with Gasteiger partial charge in [-0.1, -0.05) is 12.1 Å². The quantitative estimate of drug-likeness (QED) is 0.547. The maximum atomic E-state index is 12.8. The summed E-state index contributed by atoms with van der Waals surface area (Å²) in [5.74, 6) is -5.51. The average molecular weight is 405 g/mol. The molecule has 158 valence electrons. The Morgan fingerprint density at radius 3 is 2.17 bits per heavy atom. The second-order valence-electron chi connectivity index (χ2n) is 7.29. The molecule has 1 aliphatic rings. The Hall–Kier alpha value is -2.74. The van der Waals surface area contributed by atoms with Crippen LogP contribution in [0, 0.1) is 11.8 Å². The number of benzene rings is 1. The number of ketones is 1. The van der Waals surface area contributed by atoms with Crippen LogP contribution in [0.5, 0.6) is 0 Å². The number of carbonyl (C=O) groups excluding carboxylic acids is 4. The number of anilines is 1. The minimum atomic E-state index is -1.69. The van der Waals surface area contributed by atoms with Gasteiger partial charge in [0, 0.05) is 24.9 Å². The van der Waals surface area contributed by atoms with Crippen molar-refractivity contribution >= 4 is 29.3 Å². The molecule has 8 nitrogen and oxygen atoms in total. The van der Waals surface area contributed by atoms with E-state index in [0.29, 0.717) is 11.3 Å². The number of ether oxygens (including phenoxy) is 2. The van der Waals surface area contributed by atoms with Gasteiger partial charge in [0.05, 0.1) is 24.7 Å². The highest BCUT2D eigenvalue weighted by molar-refractivity contribution is 6.02. The maximum absolute atomic E-state index is 12.8. The number of amides is 1. The van der Waals surface area contributed by atoms with Gasteiger partial charge in [0.1, 0.15) is 5.92 Å². The third-order valence-corrected chi connectivity index (χ3v) is 4.96. The number of carbonyl (C=O) groups is 4. The fraction of sp³-hybridized carbons (Fsp3) is 0.524. The molecule has 1 saturated carbocycles. The molecule has 1 aromatic rings. The number of hydrogen-bond acceptors (Lipinski definition) is 7. The normalized spacial score (nSPS) is 26.5. The SMILES string of the molecule is CCOC(=O)[C@@H]1C(=O)C[C@](C)(O)[C@@H](C(=O)OCC)[C@H]1c1ccc(NC(C)=O)cc1. The predicted molar refractivity (Wildman–Crippen MR) is 104 cm³/mol. The van der Waals surface area contributed by atoms with E-state index in [1.54, 1.807) is 38.1 Å². The molecule has 0 aromatic heterocycles. The van der Waals surface area contributed by atoms with Gasteiger partial charge in [0.25, 0.3) is 0 Å². The summed E-state index contributed by atoms with van der Waals surface area (Å²) in [6, 6.07) is 6.44. The lowest BCUT2D eigenvalue weighted by atomic mass is 9.61. The molecule has 0 unspecified atom stereocenters. The first-order valence-electron chi connectivity index (χ1n) is 9.58. The first-order valence-corrected chi connectivity index (χ1v) is 9.58. The lowest BCUT2D eigenvalue weighted by Gasteiger charge is -2.43. The molecule has 1 fully saturated rings. The average Bonchev–Trinajstić information content (AvgIpc) is 2.60. The van der Waals surface area contributed by atoms with Crippen molar-refractivity contribution in [3.8, 4) is 0 Å². The van der Waals surface area contributed by atoms with Crippen molar-refractivity contribution in [1.82, 2.24) is 0 Å². The highest BCUT2D eigenvalue weighted by Gasteiger charge is 2.57. The molecule has 29 heavy (non-hydrogen) atoms. The van der Waals surface area contributed by atoms with Crippen molar-refractivity contribution < 1.29 is 33.8 Å². The molecule has 0 aliphatic heterocycles. The van der Waals surface area contributed by atoms with Crippen LogP contribution in [0.2, 0.25) is 0 Å². The van der Waals surface area contributed by atoms with E-state index in [9.17, 15) is 24.3 Å². The lowest BCUT2D eigenvalue weighted by molar-refractivity contribution is -0.172. The van der Waals surface area contributed by atoms with Gasteiger partial charge in [-0.05, 0) is 38.5 Å². The van der Waals surface area contributed by atoms with E-state index in [2.05, 4.69) is 5.32 Å². The number of hydrogen-bond donors (Lipinski definition) is 2. The van der Waals surface area contributed by atoms with E-state index >= 15 is 0 Å². The Bertz CT molecular complexity index is 785. The fourth-order valence-electron chi connectivity index (χ4n) is 3.87. The van der Waals surface area contributed by atoms with Crippen LogP contribution < -0.4 is 5.32 Å². The van der Waals surface area contributed by atoms with Crippen molar-refractivity contribution in [3.05, 3.63) is 29.8 Å². The second-order valence-corrected chi connectivity index (χ2v) is 7.29. The number of Topliss-reactive ketones (excluding diaryl/α,β-unsaturated/α-hetero) is 1. The first-order chi connectivity index (χ1) is 13.6. The van der Waals surface area contributed by atoms with Gasteiger partial charge in [-0.15, -0.1) is 0 Å². The zero-order chi connectivity index (χ0) is 21.8. The third-order valence-electron chi connectivity index (χ3n) is 4.96. The predicted octanol–water partition coefficient (Wildman–Crippen LogP) is 1.81. The first kappa shape index (κ1) is 22.5. The van der Waals surface area contributed by atoms with Gasteiger partial charge in [0.15, 0.2) is 5.78 Å². The summed E-state index contributed by atoms with van der Waals surface area (Å²) in [6.45, 7) is 6.21. The smallest absolute Gasteiger partial charge is 0.317 e. The second kappa shape index (κ2) is 9.17. The maximum Gasteiger partial charge on any atom is 0.317 e. The van der Waals surface area contributed by atoms with Crippen molar-refractivity contribution in [2.24, 2.45) is 11.8 Å². The molecular formula is C21H27NO7. The van der Waals surface area contributed by atoms with Gasteiger partial charge in [-0.25, -0.2) is 0 Å². The zero-order valence-electron chi connectivity index (χ0n) is 17.1. The van der Waals surface area contributed by atoms with Crippen LogP contribution in [0.3, 0.4) is 0 Å². The van der Waals surface area contributed by atoms with Crippen LogP contribution in [0.4, 0.5) is 5.69 Å². The molecule has 1 aromatic carbocycles. The summed E-state index contributed by atoms with van der Waals surface area (Å²) < 4.78 is 10.2. The highest BCUT2D eigenvalue weighted by Crippen LogP contribution is 2.46. The van der Waals surface area contributed by atoms with E-state index in [4.69, 9.17) is 9.47 Å². The Kier molecular flexibility index (Phi) is 7.13. The molecule has 1 amide bonds. The molecule has 4 atom stereocenters. The number of aliphatic hydroxyl groups is 1. The summed E-state index contributed by atoms with van der Waals surface area (Å²) >= 11 is 0. The van der Waals surface area contributed by atoms with E-state index in [1.807, 2.05) is 0 Å². The molecule has 1 aliphatic carbocycles. The Balaban J connectivity index is 2.56. The molecule has 0 spiro atoms. The van der Waals surface area contributed by atoms with Gasteiger partial charge in [-0.3, -0.25) is 19.2 Å². The van der Waals surface area contributed by atoms with Crippen LogP contribution in [-0.2, 0) is 28.7 Å². The summed E-state index contributed by atoms with van der Waals surface area (Å²) in [6.07, 6.45) is -0.361. The van der Waals surface area contributed by atoms with E-state index < -0.39 is 41.1 Å². The standard InChI is InChI=1S/C21H27NO7/c1-5-28-19(25)17-15(24)11-21(4,27)18(20(26)29-6-2)16(17)13-7-9-14(10-8-13)22-12(3)23/h7-10,16-18,27H,5-6,11H2,1-4H3,(H,22,23)/t16-,17+,18+,21-/m0/s1. The number of esters is 2. The van der Waals surface area contributed by atoms with Crippen LogP contribution in [-0.4, -0.2) is 47.6 Å². The summed E-state index contributed by atoms with van der Waals surface area (Å²) in [5.41, 5.74) is -0.674. The number of nitrogens with one attached hydrogen (secondary N) is 1. The van der Waals surface area contributed by atoms with E-state index in [-0.39, 0.29) is 25.5 Å². The molecule has 8 heteroatoms. The van der Waals surface area contributed by atoms with Crippen LogP contribution >= 0.6 is 0 Å². The largest absolute Gasteiger partial charge is 0.466 e. The van der Waals surface area contributed by atoms with E-state index in [1.165, 1.54) is 13.8 Å². The minimum absolute atomic E-state index is 0.0806. The van der Waals surface area contributed by atoms with Crippen LogP contribution in [0.15, 0.2) is 24.3 Å². The molecule has 0 heterocycles. The molecule has 2 rings (SSSR count). The topological polar surface area (TPSA) is 119 Å². The molecule has 0 bridgehead atoms. The Morgan fingerprint density at radius 1 is 1.10 bits per heavy atom. The number of rotatable bonds is 6. The molecule has 2 N–H and O–H groups in total. The van der Waals surface area contributed by atoms with Gasteiger partial charge in [0.2, 0.25) is 5.91 Å². The van der Waals surface area contributed by atoms with Crippen molar-refractivity contribution in [3.63, 3.8) is 0 Å². The third kappa shape index (κ3) is 5.00. The Morgan fingerprint density at radius 2 is 1.66 bits per heavy atom. The molecule has 0 saturated heterocycles. The summed E-state index contributed by atoms with van der Waals surface area (Å²) in [7, 11) is 0. The van der Waals surface area contributed by atoms with Crippen LogP contribution in [0.25, 0.3) is 0 Å². The molecule has 0 radical (unpaired) electrons.